The molecule has 6 heteroatoms. The van der Waals surface area contributed by atoms with Gasteiger partial charge >= 0.3 is 0 Å². The Hall–Kier alpha value is -3.38. The van der Waals surface area contributed by atoms with Gasteiger partial charge in [-0.1, -0.05) is 36.4 Å². The lowest BCUT2D eigenvalue weighted by Gasteiger charge is -2.28. The Kier molecular flexibility index (Phi) is 4.85. The van der Waals surface area contributed by atoms with Gasteiger partial charge in [-0.25, -0.2) is 0 Å². The molecule has 6 nitrogen and oxygen atoms in total. The molecule has 152 valence electrons. The molecule has 1 aliphatic heterocycles. The van der Waals surface area contributed by atoms with E-state index < -0.39 is 0 Å². The van der Waals surface area contributed by atoms with Crippen LogP contribution in [-0.4, -0.2) is 38.8 Å². The molecule has 1 N–H and O–H groups in total. The van der Waals surface area contributed by atoms with Crippen LogP contribution in [0.1, 0.15) is 28.0 Å². The average Bonchev–Trinajstić information content (AvgIpc) is 3.44. The minimum atomic E-state index is -0.0201. The Morgan fingerprint density at radius 2 is 1.97 bits per heavy atom. The number of carbonyl (C=O) groups is 1. The van der Waals surface area contributed by atoms with Crippen molar-refractivity contribution in [1.82, 2.24) is 14.7 Å². The maximum atomic E-state index is 13.3. The Morgan fingerprint density at radius 3 is 2.80 bits per heavy atom. The fraction of sp³-hybridized carbons (Fsp3) is 0.250. The van der Waals surface area contributed by atoms with Crippen molar-refractivity contribution in [2.45, 2.75) is 25.9 Å². The number of hydrogen-bond acceptors (Lipinski definition) is 4. The van der Waals surface area contributed by atoms with Crippen molar-refractivity contribution in [2.75, 3.05) is 13.2 Å². The zero-order chi connectivity index (χ0) is 20.5. The molecule has 2 aromatic carbocycles. The molecule has 0 spiro atoms. The van der Waals surface area contributed by atoms with E-state index in [0.717, 1.165) is 35.0 Å². The highest BCUT2D eigenvalue weighted by Gasteiger charge is 2.26. The van der Waals surface area contributed by atoms with Gasteiger partial charge in [-0.2, -0.15) is 5.10 Å². The number of carbonyl (C=O) groups excluding carboxylic acids is 1. The Labute approximate surface area is 174 Å². The van der Waals surface area contributed by atoms with Gasteiger partial charge < -0.3 is 14.4 Å². The second-order valence-corrected chi connectivity index (χ2v) is 7.62. The van der Waals surface area contributed by atoms with Crippen molar-refractivity contribution in [3.05, 3.63) is 77.8 Å². The first-order valence-corrected chi connectivity index (χ1v) is 10.2. The molecular weight excluding hydrogens is 378 g/mol. The van der Waals surface area contributed by atoms with Crippen LogP contribution in [0.5, 0.6) is 0 Å². The van der Waals surface area contributed by atoms with Gasteiger partial charge in [-0.05, 0) is 36.1 Å². The highest BCUT2D eigenvalue weighted by atomic mass is 16.3. The summed E-state index contributed by atoms with van der Waals surface area (Å²) in [7, 11) is 0. The second kappa shape index (κ2) is 7.80. The van der Waals surface area contributed by atoms with Crippen molar-refractivity contribution >= 4 is 16.9 Å². The standard InChI is InChI=1S/C24H23N3O3/c28-13-2-3-17-6-8-18(9-7-17)21-15-25-27-12-11-26(16-22(21)27)24(29)20-5-1-4-19-10-14-30-23(19)20/h1,4-10,14-15,28H,2-3,11-13,16H2. The zero-order valence-corrected chi connectivity index (χ0v) is 16.6. The minimum Gasteiger partial charge on any atom is -0.464 e. The Morgan fingerprint density at radius 1 is 1.10 bits per heavy atom. The summed E-state index contributed by atoms with van der Waals surface area (Å²) in [5, 5.41) is 14.5. The summed E-state index contributed by atoms with van der Waals surface area (Å²) in [4.78, 5) is 15.1. The first-order chi connectivity index (χ1) is 14.7. The molecule has 0 saturated heterocycles. The topological polar surface area (TPSA) is 71.5 Å². The Balaban J connectivity index is 1.41. The van der Waals surface area contributed by atoms with E-state index in [4.69, 9.17) is 9.52 Å². The number of aliphatic hydroxyl groups is 1. The number of aliphatic hydroxyl groups excluding tert-OH is 1. The van der Waals surface area contributed by atoms with E-state index in [1.807, 2.05) is 40.0 Å². The average molecular weight is 401 g/mol. The monoisotopic (exact) mass is 401 g/mol. The lowest BCUT2D eigenvalue weighted by molar-refractivity contribution is 0.0707. The summed E-state index contributed by atoms with van der Waals surface area (Å²) in [6.45, 7) is 2.00. The number of furan rings is 1. The van der Waals surface area contributed by atoms with Crippen molar-refractivity contribution in [3.63, 3.8) is 0 Å². The number of fused-ring (bicyclic) bond motifs is 2. The van der Waals surface area contributed by atoms with Crippen LogP contribution in [0.3, 0.4) is 0 Å². The molecule has 0 radical (unpaired) electrons. The zero-order valence-electron chi connectivity index (χ0n) is 16.6. The number of hydrogen-bond donors (Lipinski definition) is 1. The van der Waals surface area contributed by atoms with Crippen LogP contribution < -0.4 is 0 Å². The Bertz CT molecular complexity index is 1190. The molecule has 5 rings (SSSR count). The van der Waals surface area contributed by atoms with Crippen LogP contribution in [-0.2, 0) is 19.5 Å². The highest BCUT2D eigenvalue weighted by molar-refractivity contribution is 6.04. The van der Waals surface area contributed by atoms with E-state index in [1.54, 1.807) is 6.26 Å². The summed E-state index contributed by atoms with van der Waals surface area (Å²) in [6, 6.07) is 15.9. The van der Waals surface area contributed by atoms with Crippen molar-refractivity contribution < 1.29 is 14.3 Å². The smallest absolute Gasteiger partial charge is 0.258 e. The molecule has 4 aromatic rings. The number of amides is 1. The van der Waals surface area contributed by atoms with Gasteiger partial charge in [0.1, 0.15) is 5.58 Å². The van der Waals surface area contributed by atoms with Crippen LogP contribution >= 0.6 is 0 Å². The number of nitrogens with zero attached hydrogens (tertiary/aromatic N) is 3. The summed E-state index contributed by atoms with van der Waals surface area (Å²) < 4.78 is 7.56. The molecule has 0 bridgehead atoms. The highest BCUT2D eigenvalue weighted by Crippen LogP contribution is 2.29. The molecular formula is C24H23N3O3. The molecule has 3 heterocycles. The SMILES string of the molecule is O=C(c1cccc2ccoc12)N1CCn2ncc(-c3ccc(CCCO)cc3)c2C1. The van der Waals surface area contributed by atoms with Gasteiger partial charge in [-0.3, -0.25) is 9.48 Å². The lowest BCUT2D eigenvalue weighted by atomic mass is 10.0. The first kappa shape index (κ1) is 18.6. The fourth-order valence-corrected chi connectivity index (χ4v) is 4.13. The lowest BCUT2D eigenvalue weighted by Crippen LogP contribution is -2.38. The van der Waals surface area contributed by atoms with E-state index in [-0.39, 0.29) is 12.5 Å². The van der Waals surface area contributed by atoms with Crippen molar-refractivity contribution in [3.8, 4) is 11.1 Å². The summed E-state index contributed by atoms with van der Waals surface area (Å²) >= 11 is 0. The van der Waals surface area contributed by atoms with E-state index in [9.17, 15) is 4.79 Å². The van der Waals surface area contributed by atoms with Crippen LogP contribution in [0.25, 0.3) is 22.1 Å². The maximum Gasteiger partial charge on any atom is 0.258 e. The van der Waals surface area contributed by atoms with E-state index in [1.165, 1.54) is 5.56 Å². The fourth-order valence-electron chi connectivity index (χ4n) is 4.13. The quantitative estimate of drug-likeness (QED) is 0.551. The van der Waals surface area contributed by atoms with Gasteiger partial charge in [0, 0.05) is 24.1 Å². The van der Waals surface area contributed by atoms with Crippen LogP contribution in [0.4, 0.5) is 0 Å². The maximum absolute atomic E-state index is 13.3. The molecule has 0 aliphatic carbocycles. The molecule has 0 fully saturated rings. The predicted molar refractivity (Wildman–Crippen MR) is 114 cm³/mol. The summed E-state index contributed by atoms with van der Waals surface area (Å²) in [5.74, 6) is -0.0201. The molecule has 1 amide bonds. The molecule has 0 atom stereocenters. The van der Waals surface area contributed by atoms with Crippen LogP contribution in [0.15, 0.2) is 65.4 Å². The van der Waals surface area contributed by atoms with Crippen molar-refractivity contribution in [2.24, 2.45) is 0 Å². The number of aromatic nitrogens is 2. The normalized spacial score (nSPS) is 13.6. The first-order valence-electron chi connectivity index (χ1n) is 10.2. The van der Waals surface area contributed by atoms with Gasteiger partial charge in [0.05, 0.1) is 36.8 Å². The largest absolute Gasteiger partial charge is 0.464 e. The molecule has 1 aliphatic rings. The predicted octanol–water partition coefficient (Wildman–Crippen LogP) is 3.88. The van der Waals surface area contributed by atoms with E-state index in [0.29, 0.717) is 30.8 Å². The van der Waals surface area contributed by atoms with Gasteiger partial charge in [-0.15, -0.1) is 0 Å². The van der Waals surface area contributed by atoms with Crippen LogP contribution in [0.2, 0.25) is 0 Å². The van der Waals surface area contributed by atoms with E-state index in [2.05, 4.69) is 29.4 Å². The van der Waals surface area contributed by atoms with Gasteiger partial charge in [0.25, 0.3) is 5.91 Å². The molecule has 2 aromatic heterocycles. The number of benzene rings is 2. The second-order valence-electron chi connectivity index (χ2n) is 7.62. The third-order valence-electron chi connectivity index (χ3n) is 5.76. The molecule has 30 heavy (non-hydrogen) atoms. The number of rotatable bonds is 5. The summed E-state index contributed by atoms with van der Waals surface area (Å²) in [6.07, 6.45) is 5.14. The minimum absolute atomic E-state index is 0.0201. The third-order valence-corrected chi connectivity index (χ3v) is 5.76. The van der Waals surface area contributed by atoms with Crippen LogP contribution in [0, 0.1) is 0 Å². The van der Waals surface area contributed by atoms with Crippen molar-refractivity contribution in [1.29, 1.82) is 0 Å². The number of aryl methyl sites for hydroxylation is 1. The summed E-state index contributed by atoms with van der Waals surface area (Å²) in [5.41, 5.74) is 5.63. The van der Waals surface area contributed by atoms with Gasteiger partial charge in [0.2, 0.25) is 0 Å². The third kappa shape index (κ3) is 3.29. The molecule has 0 unspecified atom stereocenters. The van der Waals surface area contributed by atoms with E-state index >= 15 is 0 Å². The number of para-hydroxylation sites is 1. The van der Waals surface area contributed by atoms with Gasteiger partial charge in [0.15, 0.2) is 0 Å². The molecule has 0 saturated carbocycles.